The highest BCUT2D eigenvalue weighted by Crippen LogP contribution is 2.19. The number of anilines is 2. The molecule has 0 heterocycles. The summed E-state index contributed by atoms with van der Waals surface area (Å²) >= 11 is 0. The van der Waals surface area contributed by atoms with E-state index in [-0.39, 0.29) is 11.9 Å². The first-order valence-corrected chi connectivity index (χ1v) is 7.00. The smallest absolute Gasteiger partial charge is 0.221 e. The molecule has 110 valence electrons. The fraction of sp³-hybridized carbons (Fsp3) is 0.235. The van der Waals surface area contributed by atoms with Crippen molar-refractivity contribution >= 4 is 17.3 Å². The minimum atomic E-state index is -0.0650. The fourth-order valence-corrected chi connectivity index (χ4v) is 2.17. The number of hydrogen-bond acceptors (Lipinski definition) is 3. The fourth-order valence-electron chi connectivity index (χ4n) is 2.17. The SMILES string of the molecule is CC(=O)Nc1cccc(C(C)NCc2ccccc2N)c1. The van der Waals surface area contributed by atoms with E-state index in [1.54, 1.807) is 0 Å². The molecule has 0 aliphatic rings. The predicted octanol–water partition coefficient (Wildman–Crippen LogP) is 3.08. The Labute approximate surface area is 125 Å². The molecule has 0 aromatic heterocycles. The predicted molar refractivity (Wildman–Crippen MR) is 86.9 cm³/mol. The monoisotopic (exact) mass is 283 g/mol. The van der Waals surface area contributed by atoms with Gasteiger partial charge in [0.1, 0.15) is 0 Å². The molecule has 0 radical (unpaired) electrons. The zero-order valence-corrected chi connectivity index (χ0v) is 12.4. The van der Waals surface area contributed by atoms with Crippen molar-refractivity contribution in [2.75, 3.05) is 11.1 Å². The van der Waals surface area contributed by atoms with Crippen LogP contribution >= 0.6 is 0 Å². The molecule has 4 heteroatoms. The van der Waals surface area contributed by atoms with E-state index in [1.165, 1.54) is 6.92 Å². The number of nitrogen functional groups attached to an aromatic ring is 1. The summed E-state index contributed by atoms with van der Waals surface area (Å²) in [4.78, 5) is 11.1. The largest absolute Gasteiger partial charge is 0.398 e. The van der Waals surface area contributed by atoms with E-state index in [0.29, 0.717) is 6.54 Å². The summed E-state index contributed by atoms with van der Waals surface area (Å²) in [6, 6.07) is 15.8. The van der Waals surface area contributed by atoms with Gasteiger partial charge in [-0.2, -0.15) is 0 Å². The van der Waals surface area contributed by atoms with Gasteiger partial charge in [-0.1, -0.05) is 30.3 Å². The lowest BCUT2D eigenvalue weighted by Crippen LogP contribution is -2.19. The van der Waals surface area contributed by atoms with Gasteiger partial charge in [0, 0.05) is 30.9 Å². The van der Waals surface area contributed by atoms with Gasteiger partial charge < -0.3 is 16.4 Å². The third-order valence-corrected chi connectivity index (χ3v) is 3.36. The van der Waals surface area contributed by atoms with Gasteiger partial charge in [-0.3, -0.25) is 4.79 Å². The average Bonchev–Trinajstić information content (AvgIpc) is 2.45. The maximum Gasteiger partial charge on any atom is 0.221 e. The molecule has 0 aliphatic heterocycles. The van der Waals surface area contributed by atoms with Crippen molar-refractivity contribution < 1.29 is 4.79 Å². The standard InChI is InChI=1S/C17H21N3O/c1-12(19-11-15-6-3-4-9-17(15)18)14-7-5-8-16(10-14)20-13(2)21/h3-10,12,19H,11,18H2,1-2H3,(H,20,21). The molecule has 0 spiro atoms. The van der Waals surface area contributed by atoms with Crippen LogP contribution in [0.15, 0.2) is 48.5 Å². The first kappa shape index (κ1) is 15.1. The van der Waals surface area contributed by atoms with E-state index in [0.717, 1.165) is 22.5 Å². The van der Waals surface area contributed by atoms with E-state index in [2.05, 4.69) is 17.6 Å². The summed E-state index contributed by atoms with van der Waals surface area (Å²) in [6.07, 6.45) is 0. The van der Waals surface area contributed by atoms with Gasteiger partial charge in [-0.25, -0.2) is 0 Å². The molecule has 0 saturated heterocycles. The van der Waals surface area contributed by atoms with E-state index >= 15 is 0 Å². The van der Waals surface area contributed by atoms with Gasteiger partial charge in [0.2, 0.25) is 5.91 Å². The van der Waals surface area contributed by atoms with Crippen LogP contribution in [0.1, 0.15) is 31.0 Å². The van der Waals surface area contributed by atoms with Crippen molar-refractivity contribution in [2.45, 2.75) is 26.4 Å². The Morgan fingerprint density at radius 1 is 1.19 bits per heavy atom. The summed E-state index contributed by atoms with van der Waals surface area (Å²) in [5.74, 6) is -0.0650. The van der Waals surface area contributed by atoms with Crippen LogP contribution < -0.4 is 16.4 Å². The molecule has 0 fully saturated rings. The topological polar surface area (TPSA) is 67.2 Å². The first-order chi connectivity index (χ1) is 10.1. The van der Waals surface area contributed by atoms with Crippen LogP contribution in [0.5, 0.6) is 0 Å². The molecule has 0 aliphatic carbocycles. The Hall–Kier alpha value is -2.33. The minimum Gasteiger partial charge on any atom is -0.398 e. The molecular formula is C17H21N3O. The van der Waals surface area contributed by atoms with Crippen molar-refractivity contribution in [2.24, 2.45) is 0 Å². The van der Waals surface area contributed by atoms with Gasteiger partial charge in [-0.15, -0.1) is 0 Å². The number of hydrogen-bond donors (Lipinski definition) is 3. The Balaban J connectivity index is 2.01. The molecule has 2 aromatic rings. The zero-order chi connectivity index (χ0) is 15.2. The van der Waals surface area contributed by atoms with Crippen molar-refractivity contribution in [1.29, 1.82) is 0 Å². The summed E-state index contributed by atoms with van der Waals surface area (Å²) in [5, 5.41) is 6.24. The quantitative estimate of drug-likeness (QED) is 0.739. The molecule has 4 N–H and O–H groups in total. The Bertz CT molecular complexity index is 625. The number of rotatable bonds is 5. The maximum atomic E-state index is 11.1. The van der Waals surface area contributed by atoms with Crippen LogP contribution in [0.2, 0.25) is 0 Å². The number of nitrogens with one attached hydrogen (secondary N) is 2. The van der Waals surface area contributed by atoms with Crippen molar-refractivity contribution in [3.63, 3.8) is 0 Å². The number of benzene rings is 2. The van der Waals surface area contributed by atoms with Crippen LogP contribution in [-0.4, -0.2) is 5.91 Å². The molecule has 2 rings (SSSR count). The van der Waals surface area contributed by atoms with Crippen LogP contribution in [0, 0.1) is 0 Å². The average molecular weight is 283 g/mol. The molecule has 1 unspecified atom stereocenters. The second kappa shape index (κ2) is 6.90. The van der Waals surface area contributed by atoms with Crippen LogP contribution in [-0.2, 0) is 11.3 Å². The van der Waals surface area contributed by atoms with Crippen LogP contribution in [0.4, 0.5) is 11.4 Å². The molecule has 1 amide bonds. The van der Waals surface area contributed by atoms with E-state index in [4.69, 9.17) is 5.73 Å². The van der Waals surface area contributed by atoms with E-state index in [1.807, 2.05) is 48.5 Å². The lowest BCUT2D eigenvalue weighted by molar-refractivity contribution is -0.114. The van der Waals surface area contributed by atoms with Gasteiger partial charge in [0.25, 0.3) is 0 Å². The number of amides is 1. The van der Waals surface area contributed by atoms with Crippen LogP contribution in [0.3, 0.4) is 0 Å². The Kier molecular flexibility index (Phi) is 4.95. The first-order valence-electron chi connectivity index (χ1n) is 7.00. The van der Waals surface area contributed by atoms with Gasteiger partial charge in [0.15, 0.2) is 0 Å². The van der Waals surface area contributed by atoms with Crippen LogP contribution in [0.25, 0.3) is 0 Å². The summed E-state index contributed by atoms with van der Waals surface area (Å²) < 4.78 is 0. The lowest BCUT2D eigenvalue weighted by atomic mass is 10.1. The van der Waals surface area contributed by atoms with Crippen molar-refractivity contribution in [3.05, 3.63) is 59.7 Å². The molecule has 1 atom stereocenters. The minimum absolute atomic E-state index is 0.0650. The normalized spacial score (nSPS) is 11.9. The second-order valence-electron chi connectivity index (χ2n) is 5.11. The highest BCUT2D eigenvalue weighted by Gasteiger charge is 2.07. The number of nitrogens with two attached hydrogens (primary N) is 1. The van der Waals surface area contributed by atoms with Gasteiger partial charge in [0.05, 0.1) is 0 Å². The molecule has 0 saturated carbocycles. The summed E-state index contributed by atoms with van der Waals surface area (Å²) in [5.41, 5.74) is 9.75. The third-order valence-electron chi connectivity index (χ3n) is 3.36. The molecular weight excluding hydrogens is 262 g/mol. The zero-order valence-electron chi connectivity index (χ0n) is 12.4. The Morgan fingerprint density at radius 2 is 1.95 bits per heavy atom. The number of para-hydroxylation sites is 1. The molecule has 0 bridgehead atoms. The van der Waals surface area contributed by atoms with Crippen molar-refractivity contribution in [1.82, 2.24) is 5.32 Å². The lowest BCUT2D eigenvalue weighted by Gasteiger charge is -2.16. The summed E-state index contributed by atoms with van der Waals surface area (Å²) in [6.45, 7) is 4.30. The number of carbonyl (C=O) groups excluding carboxylic acids is 1. The van der Waals surface area contributed by atoms with Crippen molar-refractivity contribution in [3.8, 4) is 0 Å². The second-order valence-corrected chi connectivity index (χ2v) is 5.11. The maximum absolute atomic E-state index is 11.1. The van der Waals surface area contributed by atoms with Gasteiger partial charge in [-0.05, 0) is 36.2 Å². The third kappa shape index (κ3) is 4.33. The molecule has 4 nitrogen and oxygen atoms in total. The van der Waals surface area contributed by atoms with E-state index in [9.17, 15) is 4.79 Å². The highest BCUT2D eigenvalue weighted by molar-refractivity contribution is 5.88. The molecule has 21 heavy (non-hydrogen) atoms. The van der Waals surface area contributed by atoms with E-state index < -0.39 is 0 Å². The Morgan fingerprint density at radius 3 is 2.67 bits per heavy atom. The number of carbonyl (C=O) groups is 1. The van der Waals surface area contributed by atoms with Gasteiger partial charge >= 0.3 is 0 Å². The highest BCUT2D eigenvalue weighted by atomic mass is 16.1. The molecule has 2 aromatic carbocycles. The summed E-state index contributed by atoms with van der Waals surface area (Å²) in [7, 11) is 0.